The fourth-order valence-corrected chi connectivity index (χ4v) is 2.42. The first-order valence-electron chi connectivity index (χ1n) is 7.01. The van der Waals surface area contributed by atoms with E-state index in [9.17, 15) is 14.4 Å². The standard InChI is InChI=1S/C13H19N5O5/c1-3-4-23-18-10-6-17(13(18)21)9(12(14)20)5-8(10)16-22-7-11(19)15-2/h3,9-10H,1,4-7H2,2H3,(H2,14,20)(H,15,19)/b16-8+/t9-,10-/m0/s1. The van der Waals surface area contributed by atoms with Crippen LogP contribution >= 0.6 is 0 Å². The van der Waals surface area contributed by atoms with Gasteiger partial charge in [-0.25, -0.2) is 4.79 Å². The molecule has 0 aromatic rings. The SMILES string of the molecule is C=CCON1C(=O)N2C[C@H]1/C(=N/OCC(=O)NC)C[C@H]2C(N)=O. The number of fused-ring (bicyclic) bond motifs is 2. The molecule has 2 aliphatic heterocycles. The number of hydrogen-bond acceptors (Lipinski definition) is 6. The largest absolute Gasteiger partial charge is 0.386 e. The number of nitrogens with two attached hydrogens (primary N) is 1. The van der Waals surface area contributed by atoms with Gasteiger partial charge in [0.2, 0.25) is 5.91 Å². The molecule has 0 aromatic carbocycles. The van der Waals surface area contributed by atoms with Crippen LogP contribution in [0.25, 0.3) is 0 Å². The Morgan fingerprint density at radius 2 is 2.30 bits per heavy atom. The van der Waals surface area contributed by atoms with Gasteiger partial charge in [-0.3, -0.25) is 14.4 Å². The molecule has 0 saturated carbocycles. The fourth-order valence-electron chi connectivity index (χ4n) is 2.42. The predicted molar refractivity (Wildman–Crippen MR) is 78.9 cm³/mol. The van der Waals surface area contributed by atoms with Crippen LogP contribution in [0.3, 0.4) is 0 Å². The number of nitrogens with zero attached hydrogens (tertiary/aromatic N) is 3. The Bertz CT molecular complexity index is 549. The van der Waals surface area contributed by atoms with E-state index in [-0.39, 0.29) is 32.1 Å². The smallest absolute Gasteiger partial charge is 0.345 e. The first-order valence-corrected chi connectivity index (χ1v) is 7.01. The molecule has 2 rings (SSSR count). The van der Waals surface area contributed by atoms with Crippen molar-refractivity contribution >= 4 is 23.6 Å². The first-order chi connectivity index (χ1) is 11.0. The zero-order valence-electron chi connectivity index (χ0n) is 12.7. The maximum atomic E-state index is 12.3. The van der Waals surface area contributed by atoms with Gasteiger partial charge < -0.3 is 20.8 Å². The van der Waals surface area contributed by atoms with Crippen molar-refractivity contribution in [3.63, 3.8) is 0 Å². The van der Waals surface area contributed by atoms with Crippen molar-refractivity contribution in [3.05, 3.63) is 12.7 Å². The lowest BCUT2D eigenvalue weighted by Gasteiger charge is -2.28. The zero-order chi connectivity index (χ0) is 17.0. The third kappa shape index (κ3) is 3.42. The molecule has 10 heteroatoms. The van der Waals surface area contributed by atoms with Crippen LogP contribution in [0.2, 0.25) is 0 Å². The second-order valence-corrected chi connectivity index (χ2v) is 5.01. The molecule has 2 atom stereocenters. The average Bonchev–Trinajstić information content (AvgIpc) is 2.80. The Hall–Kier alpha value is -2.62. The summed E-state index contributed by atoms with van der Waals surface area (Å²) in [5, 5.41) is 7.42. The molecular formula is C13H19N5O5. The highest BCUT2D eigenvalue weighted by atomic mass is 16.7. The number of urea groups is 1. The lowest BCUT2D eigenvalue weighted by atomic mass is 9.98. The number of rotatable bonds is 7. The third-order valence-corrected chi connectivity index (χ3v) is 3.57. The molecule has 2 aliphatic rings. The van der Waals surface area contributed by atoms with E-state index in [1.54, 1.807) is 0 Å². The van der Waals surface area contributed by atoms with Gasteiger partial charge in [-0.2, -0.15) is 5.06 Å². The van der Waals surface area contributed by atoms with E-state index in [0.29, 0.717) is 5.71 Å². The summed E-state index contributed by atoms with van der Waals surface area (Å²) in [6.07, 6.45) is 1.63. The van der Waals surface area contributed by atoms with Crippen molar-refractivity contribution in [3.8, 4) is 0 Å². The number of hydrogen-bond donors (Lipinski definition) is 2. The molecule has 10 nitrogen and oxygen atoms in total. The summed E-state index contributed by atoms with van der Waals surface area (Å²) < 4.78 is 0. The van der Waals surface area contributed by atoms with Gasteiger partial charge in [0.25, 0.3) is 5.91 Å². The highest BCUT2D eigenvalue weighted by Crippen LogP contribution is 2.28. The second kappa shape index (κ2) is 7.09. The monoisotopic (exact) mass is 325 g/mol. The van der Waals surface area contributed by atoms with Crippen LogP contribution in [0.5, 0.6) is 0 Å². The van der Waals surface area contributed by atoms with Crippen molar-refractivity contribution in [2.24, 2.45) is 10.9 Å². The molecule has 0 unspecified atom stereocenters. The lowest BCUT2D eigenvalue weighted by molar-refractivity contribution is -0.125. The minimum atomic E-state index is -0.821. The molecule has 0 aliphatic carbocycles. The minimum Gasteiger partial charge on any atom is -0.386 e. The van der Waals surface area contributed by atoms with Crippen LogP contribution in [0.15, 0.2) is 17.8 Å². The van der Waals surface area contributed by atoms with Gasteiger partial charge in [0.05, 0.1) is 18.9 Å². The Morgan fingerprint density at radius 3 is 2.91 bits per heavy atom. The number of primary amides is 1. The van der Waals surface area contributed by atoms with Gasteiger partial charge in [-0.15, -0.1) is 6.58 Å². The van der Waals surface area contributed by atoms with Crippen LogP contribution < -0.4 is 11.1 Å². The number of piperidine rings is 1. The predicted octanol–water partition coefficient (Wildman–Crippen LogP) is -1.41. The Labute approximate surface area is 132 Å². The normalized spacial score (nSPS) is 24.7. The number of oxime groups is 1. The van der Waals surface area contributed by atoms with E-state index >= 15 is 0 Å². The number of carbonyl (C=O) groups is 3. The molecule has 23 heavy (non-hydrogen) atoms. The van der Waals surface area contributed by atoms with Crippen LogP contribution in [-0.2, 0) is 19.3 Å². The van der Waals surface area contributed by atoms with Gasteiger partial charge in [0.1, 0.15) is 12.1 Å². The molecular weight excluding hydrogens is 306 g/mol. The lowest BCUT2D eigenvalue weighted by Crippen LogP contribution is -2.51. The van der Waals surface area contributed by atoms with E-state index in [2.05, 4.69) is 17.1 Å². The summed E-state index contributed by atoms with van der Waals surface area (Å²) in [6, 6.07) is -1.78. The topological polar surface area (TPSA) is 127 Å². The van der Waals surface area contributed by atoms with Crippen molar-refractivity contribution < 1.29 is 24.1 Å². The van der Waals surface area contributed by atoms with Crippen LogP contribution in [0, 0.1) is 0 Å². The highest BCUT2D eigenvalue weighted by molar-refractivity contribution is 6.02. The fraction of sp³-hybridized carbons (Fsp3) is 0.538. The van der Waals surface area contributed by atoms with Crippen molar-refractivity contribution in [1.82, 2.24) is 15.3 Å². The maximum absolute atomic E-state index is 12.3. The van der Waals surface area contributed by atoms with Crippen molar-refractivity contribution in [2.45, 2.75) is 18.5 Å². The average molecular weight is 325 g/mol. The second-order valence-electron chi connectivity index (χ2n) is 5.01. The van der Waals surface area contributed by atoms with E-state index in [1.807, 2.05) is 0 Å². The summed E-state index contributed by atoms with van der Waals surface area (Å²) >= 11 is 0. The molecule has 0 spiro atoms. The minimum absolute atomic E-state index is 0.129. The highest BCUT2D eigenvalue weighted by Gasteiger charge is 2.51. The van der Waals surface area contributed by atoms with Crippen LogP contribution in [0.4, 0.5) is 4.79 Å². The van der Waals surface area contributed by atoms with E-state index in [4.69, 9.17) is 15.4 Å². The van der Waals surface area contributed by atoms with Crippen molar-refractivity contribution in [1.29, 1.82) is 0 Å². The molecule has 2 heterocycles. The van der Waals surface area contributed by atoms with Gasteiger partial charge >= 0.3 is 6.03 Å². The van der Waals surface area contributed by atoms with Gasteiger partial charge in [-0.1, -0.05) is 11.2 Å². The summed E-state index contributed by atoms with van der Waals surface area (Å²) in [5.41, 5.74) is 5.77. The number of nitrogens with one attached hydrogen (secondary N) is 1. The van der Waals surface area contributed by atoms with Crippen LogP contribution in [-0.4, -0.2) is 72.4 Å². The van der Waals surface area contributed by atoms with E-state index < -0.39 is 24.0 Å². The molecule has 4 amide bonds. The Kier molecular flexibility index (Phi) is 5.16. The van der Waals surface area contributed by atoms with Crippen LogP contribution in [0.1, 0.15) is 6.42 Å². The Morgan fingerprint density at radius 1 is 1.57 bits per heavy atom. The molecule has 2 fully saturated rings. The maximum Gasteiger partial charge on any atom is 0.345 e. The summed E-state index contributed by atoms with van der Waals surface area (Å²) in [7, 11) is 1.47. The first kappa shape index (κ1) is 16.7. The Balaban J connectivity index is 2.18. The van der Waals surface area contributed by atoms with Gasteiger partial charge in [0.15, 0.2) is 6.61 Å². The van der Waals surface area contributed by atoms with Gasteiger partial charge in [0, 0.05) is 13.5 Å². The number of carbonyl (C=O) groups excluding carboxylic acids is 3. The molecule has 3 N–H and O–H groups in total. The molecule has 2 saturated heterocycles. The third-order valence-electron chi connectivity index (χ3n) is 3.57. The quantitative estimate of drug-likeness (QED) is 0.439. The van der Waals surface area contributed by atoms with Gasteiger partial charge in [-0.05, 0) is 0 Å². The zero-order valence-corrected chi connectivity index (χ0v) is 12.7. The molecule has 0 aromatic heterocycles. The number of likely N-dealkylation sites (N-methyl/N-ethyl adjacent to an activating group) is 1. The molecule has 0 radical (unpaired) electrons. The number of amides is 4. The summed E-state index contributed by atoms with van der Waals surface area (Å²) in [6.45, 7) is 3.60. The molecule has 126 valence electrons. The van der Waals surface area contributed by atoms with E-state index in [1.165, 1.54) is 18.0 Å². The summed E-state index contributed by atoms with van der Waals surface area (Å²) in [5.74, 6) is -0.984. The van der Waals surface area contributed by atoms with E-state index in [0.717, 1.165) is 5.06 Å². The number of hydroxylamine groups is 2. The van der Waals surface area contributed by atoms with Crippen molar-refractivity contribution in [2.75, 3.05) is 26.8 Å². The molecule has 2 bridgehead atoms. The summed E-state index contributed by atoms with van der Waals surface area (Å²) in [4.78, 5) is 46.7.